The highest BCUT2D eigenvalue weighted by molar-refractivity contribution is 7.10. The minimum atomic E-state index is -3.05. The number of piperidine rings is 1. The molecule has 0 amide bonds. The number of fused-ring (bicyclic) bond motifs is 2. The quantitative estimate of drug-likeness (QED) is 0.596. The smallest absolute Gasteiger partial charge is 0.300 e. The van der Waals surface area contributed by atoms with Gasteiger partial charge in [0.2, 0.25) is 0 Å². The predicted octanol–water partition coefficient (Wildman–Crippen LogP) is 5.21. The average Bonchev–Trinajstić information content (AvgIpc) is 3.36. The van der Waals surface area contributed by atoms with E-state index in [1.807, 2.05) is 25.1 Å². The normalized spacial score (nSPS) is 22.2. The van der Waals surface area contributed by atoms with Crippen LogP contribution in [0.25, 0.3) is 5.69 Å². The number of nitrogens with one attached hydrogen (secondary N) is 1. The van der Waals surface area contributed by atoms with Crippen LogP contribution in [-0.2, 0) is 22.7 Å². The summed E-state index contributed by atoms with van der Waals surface area (Å²) in [5, 5.41) is 10.1. The van der Waals surface area contributed by atoms with Crippen LogP contribution in [0.5, 0.6) is 0 Å². The lowest BCUT2D eigenvalue weighted by atomic mass is 9.82. The van der Waals surface area contributed by atoms with Crippen molar-refractivity contribution in [2.24, 2.45) is 0 Å². The van der Waals surface area contributed by atoms with E-state index in [0.717, 1.165) is 24.3 Å². The number of halogens is 3. The van der Waals surface area contributed by atoms with Crippen molar-refractivity contribution in [3.63, 3.8) is 0 Å². The summed E-state index contributed by atoms with van der Waals surface area (Å²) in [6.45, 7) is 3.36. The number of hydrogen-bond acceptors (Lipinski definition) is 4. The summed E-state index contributed by atoms with van der Waals surface area (Å²) in [6.07, 6.45) is 2.04. The van der Waals surface area contributed by atoms with E-state index in [-0.39, 0.29) is 12.0 Å². The molecule has 158 valence electrons. The number of para-hydroxylation sites is 1. The van der Waals surface area contributed by atoms with E-state index in [9.17, 15) is 0 Å². The Labute approximate surface area is 182 Å². The summed E-state index contributed by atoms with van der Waals surface area (Å²) >= 11 is 7.67. The van der Waals surface area contributed by atoms with E-state index in [1.54, 1.807) is 28.4 Å². The van der Waals surface area contributed by atoms with Crippen molar-refractivity contribution in [2.75, 3.05) is 13.1 Å². The maximum absolute atomic E-state index is 15.5. The van der Waals surface area contributed by atoms with Crippen LogP contribution in [0.2, 0.25) is 5.02 Å². The van der Waals surface area contributed by atoms with Crippen molar-refractivity contribution in [1.29, 1.82) is 0 Å². The van der Waals surface area contributed by atoms with Crippen LogP contribution >= 0.6 is 22.9 Å². The maximum atomic E-state index is 15.5. The fraction of sp³-hybridized carbons (Fsp3) is 0.409. The molecule has 4 heterocycles. The molecule has 0 radical (unpaired) electrons. The molecule has 0 aliphatic carbocycles. The number of hydrogen-bond donors (Lipinski definition) is 1. The number of benzene rings is 1. The predicted molar refractivity (Wildman–Crippen MR) is 114 cm³/mol. The largest absolute Gasteiger partial charge is 0.359 e. The molecule has 1 spiro atoms. The molecule has 1 unspecified atom stereocenters. The molecule has 30 heavy (non-hydrogen) atoms. The van der Waals surface area contributed by atoms with Gasteiger partial charge in [0, 0.05) is 23.1 Å². The topological polar surface area (TPSA) is 39.1 Å². The van der Waals surface area contributed by atoms with Crippen LogP contribution < -0.4 is 5.32 Å². The highest BCUT2D eigenvalue weighted by atomic mass is 35.5. The lowest BCUT2D eigenvalue weighted by Crippen LogP contribution is -2.52. The van der Waals surface area contributed by atoms with Crippen molar-refractivity contribution in [3.05, 3.63) is 68.6 Å². The number of ether oxygens (including phenoxy) is 1. The summed E-state index contributed by atoms with van der Waals surface area (Å²) in [5.74, 6) is -3.05. The average molecular weight is 450 g/mol. The van der Waals surface area contributed by atoms with Gasteiger partial charge in [-0.05, 0) is 62.0 Å². The molecule has 0 saturated carbocycles. The van der Waals surface area contributed by atoms with Crippen molar-refractivity contribution in [3.8, 4) is 5.69 Å². The van der Waals surface area contributed by atoms with Crippen molar-refractivity contribution >= 4 is 22.9 Å². The zero-order valence-electron chi connectivity index (χ0n) is 16.5. The summed E-state index contributed by atoms with van der Waals surface area (Å²) in [6, 6.07) is 8.92. The number of rotatable bonds is 3. The maximum Gasteiger partial charge on any atom is 0.300 e. The van der Waals surface area contributed by atoms with Crippen LogP contribution in [0.3, 0.4) is 0 Å². The van der Waals surface area contributed by atoms with Gasteiger partial charge in [0.15, 0.2) is 0 Å². The summed E-state index contributed by atoms with van der Waals surface area (Å²) in [4.78, 5) is 0.689. The number of nitrogens with zero attached hydrogens (tertiary/aromatic N) is 2. The molecule has 4 nitrogen and oxygen atoms in total. The lowest BCUT2D eigenvalue weighted by Gasteiger charge is -2.46. The molecular weight excluding hydrogens is 428 g/mol. The van der Waals surface area contributed by atoms with Crippen LogP contribution in [0.1, 0.15) is 34.5 Å². The number of aromatic nitrogens is 2. The minimum absolute atomic E-state index is 0.0910. The van der Waals surface area contributed by atoms with Crippen LogP contribution in [0.4, 0.5) is 8.78 Å². The number of aryl methyl sites for hydroxylation is 1. The first-order valence-corrected chi connectivity index (χ1v) is 11.3. The monoisotopic (exact) mass is 449 g/mol. The second-order valence-corrected chi connectivity index (χ2v) is 9.30. The molecule has 1 saturated heterocycles. The van der Waals surface area contributed by atoms with Crippen LogP contribution in [0.15, 0.2) is 41.9 Å². The molecular formula is C22H22ClF2N3OS. The molecule has 1 atom stereocenters. The van der Waals surface area contributed by atoms with Crippen molar-refractivity contribution in [1.82, 2.24) is 15.1 Å². The van der Waals surface area contributed by atoms with Crippen LogP contribution in [-0.4, -0.2) is 29.0 Å². The van der Waals surface area contributed by atoms with Gasteiger partial charge in [-0.25, -0.2) is 4.68 Å². The molecule has 0 bridgehead atoms. The van der Waals surface area contributed by atoms with Crippen LogP contribution in [0, 0.1) is 6.92 Å². The Hall–Kier alpha value is -1.80. The third-order valence-electron chi connectivity index (χ3n) is 6.13. The van der Waals surface area contributed by atoms with Gasteiger partial charge in [-0.1, -0.05) is 23.7 Å². The van der Waals surface area contributed by atoms with Crippen molar-refractivity contribution < 1.29 is 13.5 Å². The van der Waals surface area contributed by atoms with E-state index in [2.05, 4.69) is 10.4 Å². The van der Waals surface area contributed by atoms with Gasteiger partial charge in [0.25, 0.3) is 5.92 Å². The zero-order chi connectivity index (χ0) is 20.9. The van der Waals surface area contributed by atoms with Gasteiger partial charge in [0.05, 0.1) is 16.4 Å². The second-order valence-electron chi connectivity index (χ2n) is 7.98. The van der Waals surface area contributed by atoms with Gasteiger partial charge in [-0.15, -0.1) is 11.3 Å². The summed E-state index contributed by atoms with van der Waals surface area (Å²) in [5.41, 5.74) is 1.65. The molecule has 2 aliphatic heterocycles. The fourth-order valence-electron chi connectivity index (χ4n) is 4.50. The van der Waals surface area contributed by atoms with E-state index >= 15 is 8.78 Å². The molecule has 1 aromatic carbocycles. The van der Waals surface area contributed by atoms with Gasteiger partial charge >= 0.3 is 0 Å². The number of alkyl halides is 2. The Balaban J connectivity index is 1.50. The van der Waals surface area contributed by atoms with Gasteiger partial charge < -0.3 is 10.1 Å². The van der Waals surface area contributed by atoms with Gasteiger partial charge in [0.1, 0.15) is 11.7 Å². The first-order chi connectivity index (χ1) is 14.4. The standard InChI is InChI=1S/C22H22ClF2N3OS/c1-14-15(13-28(27-14)18-5-3-2-4-17(18)23)12-19-22(24,25)16-6-11-30-20(16)21(29-19)7-9-26-10-8-21/h2-6,11,13,19,26H,7-10,12H2,1H3. The van der Waals surface area contributed by atoms with E-state index < -0.39 is 17.6 Å². The molecule has 1 fully saturated rings. The molecule has 2 aromatic heterocycles. The Kier molecular flexibility index (Phi) is 4.97. The molecule has 2 aliphatic rings. The molecule has 1 N–H and O–H groups in total. The van der Waals surface area contributed by atoms with E-state index in [4.69, 9.17) is 16.3 Å². The highest BCUT2D eigenvalue weighted by Crippen LogP contribution is 2.53. The van der Waals surface area contributed by atoms with E-state index in [1.165, 1.54) is 11.3 Å². The third-order valence-corrected chi connectivity index (χ3v) is 7.55. The highest BCUT2D eigenvalue weighted by Gasteiger charge is 2.56. The number of thiophene rings is 1. The second kappa shape index (κ2) is 7.41. The Morgan fingerprint density at radius 1 is 1.27 bits per heavy atom. The third kappa shape index (κ3) is 3.19. The molecule has 8 heteroatoms. The fourth-order valence-corrected chi connectivity index (χ4v) is 5.86. The SMILES string of the molecule is Cc1nn(-c2ccccc2Cl)cc1CC1OC2(CCNCC2)c2sccc2C1(F)F. The molecule has 5 rings (SSSR count). The van der Waals surface area contributed by atoms with Gasteiger partial charge in [-0.3, -0.25) is 0 Å². The van der Waals surface area contributed by atoms with Crippen molar-refractivity contribution in [2.45, 2.75) is 43.8 Å². The Morgan fingerprint density at radius 3 is 2.80 bits per heavy atom. The Bertz CT molecular complexity index is 1070. The van der Waals surface area contributed by atoms with Gasteiger partial charge in [-0.2, -0.15) is 13.9 Å². The minimum Gasteiger partial charge on any atom is -0.359 e. The first-order valence-electron chi connectivity index (χ1n) is 10.1. The zero-order valence-corrected chi connectivity index (χ0v) is 18.1. The summed E-state index contributed by atoms with van der Waals surface area (Å²) in [7, 11) is 0. The lowest BCUT2D eigenvalue weighted by molar-refractivity contribution is -0.227. The molecule has 3 aromatic rings. The Morgan fingerprint density at radius 2 is 2.03 bits per heavy atom. The van der Waals surface area contributed by atoms with E-state index in [0.29, 0.717) is 28.4 Å². The summed E-state index contributed by atoms with van der Waals surface area (Å²) < 4.78 is 38.9. The first kappa shape index (κ1) is 20.1.